The summed E-state index contributed by atoms with van der Waals surface area (Å²) in [7, 11) is 0. The molecule has 0 spiro atoms. The standard InChI is InChI=1S/C25H18N6O2/c26-12-20-15-29-22-7-6-17(18-10-19(14-27-13-18)24-30-31-25(32)33-24)11-21(22)23(20)28-9-8-16-4-2-1-3-5-16/h1-7,10-11,13-15H,8-9H2,(H,28,29)(H,31,32). The molecule has 5 aromatic rings. The van der Waals surface area contributed by atoms with Gasteiger partial charge in [-0.2, -0.15) is 5.26 Å². The van der Waals surface area contributed by atoms with E-state index in [-0.39, 0.29) is 5.89 Å². The first-order valence-corrected chi connectivity index (χ1v) is 10.3. The minimum atomic E-state index is -0.623. The summed E-state index contributed by atoms with van der Waals surface area (Å²) in [4.78, 5) is 20.0. The number of H-pyrrole nitrogens is 1. The number of nitrogens with one attached hydrogen (secondary N) is 2. The van der Waals surface area contributed by atoms with Crippen molar-refractivity contribution < 1.29 is 4.42 Å². The van der Waals surface area contributed by atoms with Crippen LogP contribution in [0.25, 0.3) is 33.5 Å². The Hall–Kier alpha value is -4.77. The molecule has 0 aliphatic rings. The normalized spacial score (nSPS) is 10.8. The number of rotatable bonds is 6. The fraction of sp³-hybridized carbons (Fsp3) is 0.0800. The average Bonchev–Trinajstić information content (AvgIpc) is 3.31. The molecule has 8 heteroatoms. The molecule has 0 atom stereocenters. The lowest BCUT2D eigenvalue weighted by Crippen LogP contribution is -2.07. The molecule has 160 valence electrons. The molecule has 0 radical (unpaired) electrons. The summed E-state index contributed by atoms with van der Waals surface area (Å²) < 4.78 is 5.04. The number of nitriles is 1. The van der Waals surface area contributed by atoms with Gasteiger partial charge in [0.2, 0.25) is 0 Å². The highest BCUT2D eigenvalue weighted by molar-refractivity contribution is 5.96. The largest absolute Gasteiger partial charge is 0.434 e. The molecular weight excluding hydrogens is 416 g/mol. The van der Waals surface area contributed by atoms with Gasteiger partial charge in [-0.05, 0) is 35.7 Å². The summed E-state index contributed by atoms with van der Waals surface area (Å²) in [5.41, 5.74) is 5.52. The maximum absolute atomic E-state index is 11.3. The predicted octanol–water partition coefficient (Wildman–Crippen LogP) is 4.17. The quantitative estimate of drug-likeness (QED) is 0.411. The van der Waals surface area contributed by atoms with E-state index in [0.29, 0.717) is 17.7 Å². The fourth-order valence-corrected chi connectivity index (χ4v) is 3.69. The summed E-state index contributed by atoms with van der Waals surface area (Å²) in [5, 5.41) is 20.1. The van der Waals surface area contributed by atoms with Crippen molar-refractivity contribution in [1.29, 1.82) is 5.26 Å². The van der Waals surface area contributed by atoms with Gasteiger partial charge in [-0.3, -0.25) is 9.97 Å². The third-order valence-corrected chi connectivity index (χ3v) is 5.30. The minimum Gasteiger partial charge on any atom is -0.388 e. The van der Waals surface area contributed by atoms with E-state index in [1.807, 2.05) is 42.5 Å². The van der Waals surface area contributed by atoms with Crippen LogP contribution in [0.15, 0.2) is 82.4 Å². The molecule has 0 bridgehead atoms. The molecule has 2 aromatic carbocycles. The van der Waals surface area contributed by atoms with Gasteiger partial charge in [-0.25, -0.2) is 9.89 Å². The molecule has 0 saturated heterocycles. The lowest BCUT2D eigenvalue weighted by Gasteiger charge is -2.13. The van der Waals surface area contributed by atoms with Gasteiger partial charge in [-0.15, -0.1) is 5.10 Å². The molecule has 8 nitrogen and oxygen atoms in total. The van der Waals surface area contributed by atoms with E-state index in [2.05, 4.69) is 43.7 Å². The first kappa shape index (κ1) is 20.2. The molecule has 2 N–H and O–H groups in total. The molecular formula is C25H18N6O2. The summed E-state index contributed by atoms with van der Waals surface area (Å²) >= 11 is 0. The highest BCUT2D eigenvalue weighted by atomic mass is 16.4. The van der Waals surface area contributed by atoms with Gasteiger partial charge in [0, 0.05) is 36.1 Å². The zero-order valence-corrected chi connectivity index (χ0v) is 17.4. The predicted molar refractivity (Wildman–Crippen MR) is 124 cm³/mol. The third-order valence-electron chi connectivity index (χ3n) is 5.30. The van der Waals surface area contributed by atoms with E-state index in [0.717, 1.165) is 34.1 Å². The number of benzene rings is 2. The van der Waals surface area contributed by atoms with Crippen LogP contribution in [0.5, 0.6) is 0 Å². The molecule has 3 aromatic heterocycles. The first-order valence-electron chi connectivity index (χ1n) is 10.3. The Morgan fingerprint density at radius 3 is 2.64 bits per heavy atom. The lowest BCUT2D eigenvalue weighted by atomic mass is 10.0. The maximum Gasteiger partial charge on any atom is 0.434 e. The van der Waals surface area contributed by atoms with E-state index in [1.165, 1.54) is 5.56 Å². The van der Waals surface area contributed by atoms with Crippen LogP contribution < -0.4 is 11.1 Å². The van der Waals surface area contributed by atoms with Gasteiger partial charge in [0.1, 0.15) is 6.07 Å². The Labute approximate surface area is 188 Å². The van der Waals surface area contributed by atoms with Crippen molar-refractivity contribution in [2.75, 3.05) is 11.9 Å². The Kier molecular flexibility index (Phi) is 5.35. The summed E-state index contributed by atoms with van der Waals surface area (Å²) in [6.45, 7) is 0.678. The highest BCUT2D eigenvalue weighted by Crippen LogP contribution is 2.31. The van der Waals surface area contributed by atoms with Crippen LogP contribution >= 0.6 is 0 Å². The molecule has 0 unspecified atom stereocenters. The van der Waals surface area contributed by atoms with E-state index in [1.54, 1.807) is 18.6 Å². The summed E-state index contributed by atoms with van der Waals surface area (Å²) in [6, 6.07) is 20.1. The van der Waals surface area contributed by atoms with Gasteiger partial charge < -0.3 is 9.73 Å². The van der Waals surface area contributed by atoms with Gasteiger partial charge >= 0.3 is 5.76 Å². The van der Waals surface area contributed by atoms with Gasteiger partial charge in [0.05, 0.1) is 22.3 Å². The SMILES string of the molecule is N#Cc1cnc2ccc(-c3cncc(-c4n[nH]c(=O)o4)c3)cc2c1NCCc1ccccc1. The van der Waals surface area contributed by atoms with Crippen LogP contribution in [0.1, 0.15) is 11.1 Å². The zero-order valence-electron chi connectivity index (χ0n) is 17.4. The van der Waals surface area contributed by atoms with Crippen LogP contribution in [0.4, 0.5) is 5.69 Å². The van der Waals surface area contributed by atoms with E-state index >= 15 is 0 Å². The van der Waals surface area contributed by atoms with Crippen molar-refractivity contribution in [3.8, 4) is 28.7 Å². The second-order valence-corrected chi connectivity index (χ2v) is 7.43. The molecule has 33 heavy (non-hydrogen) atoms. The van der Waals surface area contributed by atoms with E-state index in [4.69, 9.17) is 4.42 Å². The topological polar surface area (TPSA) is 120 Å². The molecule has 3 heterocycles. The second kappa shape index (κ2) is 8.77. The Morgan fingerprint density at radius 1 is 1.00 bits per heavy atom. The number of nitrogens with zero attached hydrogens (tertiary/aromatic N) is 4. The van der Waals surface area contributed by atoms with Crippen molar-refractivity contribution in [1.82, 2.24) is 20.2 Å². The van der Waals surface area contributed by atoms with Crippen LogP contribution in [-0.2, 0) is 6.42 Å². The monoisotopic (exact) mass is 434 g/mol. The molecule has 0 aliphatic heterocycles. The number of aromatic amines is 1. The van der Waals surface area contributed by atoms with Crippen molar-refractivity contribution in [2.24, 2.45) is 0 Å². The highest BCUT2D eigenvalue weighted by Gasteiger charge is 2.12. The summed E-state index contributed by atoms with van der Waals surface area (Å²) in [5.74, 6) is -0.450. The third kappa shape index (κ3) is 4.20. The summed E-state index contributed by atoms with van der Waals surface area (Å²) in [6.07, 6.45) is 5.72. The lowest BCUT2D eigenvalue weighted by molar-refractivity contribution is 0.527. The molecule has 5 rings (SSSR count). The van der Waals surface area contributed by atoms with Crippen molar-refractivity contribution in [3.05, 3.63) is 94.9 Å². The van der Waals surface area contributed by atoms with Crippen LogP contribution in [-0.4, -0.2) is 26.7 Å². The number of hydrogen-bond acceptors (Lipinski definition) is 7. The number of pyridine rings is 2. The number of hydrogen-bond donors (Lipinski definition) is 2. The number of aromatic nitrogens is 4. The molecule has 0 aliphatic carbocycles. The maximum atomic E-state index is 11.3. The molecule has 0 saturated carbocycles. The van der Waals surface area contributed by atoms with Gasteiger partial charge in [-0.1, -0.05) is 36.4 Å². The van der Waals surface area contributed by atoms with Crippen molar-refractivity contribution >= 4 is 16.6 Å². The number of anilines is 1. The van der Waals surface area contributed by atoms with E-state index < -0.39 is 5.76 Å². The number of fused-ring (bicyclic) bond motifs is 1. The first-order chi connectivity index (χ1) is 16.2. The van der Waals surface area contributed by atoms with Crippen LogP contribution in [0, 0.1) is 11.3 Å². The van der Waals surface area contributed by atoms with Crippen LogP contribution in [0.3, 0.4) is 0 Å². The van der Waals surface area contributed by atoms with Crippen molar-refractivity contribution in [2.45, 2.75) is 6.42 Å². The van der Waals surface area contributed by atoms with Gasteiger partial charge in [0.15, 0.2) is 0 Å². The fourth-order valence-electron chi connectivity index (χ4n) is 3.69. The second-order valence-electron chi connectivity index (χ2n) is 7.43. The molecule has 0 fully saturated rings. The van der Waals surface area contributed by atoms with Crippen molar-refractivity contribution in [3.63, 3.8) is 0 Å². The van der Waals surface area contributed by atoms with E-state index in [9.17, 15) is 10.1 Å². The van der Waals surface area contributed by atoms with Gasteiger partial charge in [0.25, 0.3) is 5.89 Å². The average molecular weight is 434 g/mol. The zero-order chi connectivity index (χ0) is 22.6. The Bertz CT molecular complexity index is 1530. The Balaban J connectivity index is 1.51. The van der Waals surface area contributed by atoms with Crippen LogP contribution in [0.2, 0.25) is 0 Å². The Morgan fingerprint density at radius 2 is 1.85 bits per heavy atom. The molecule has 0 amide bonds. The smallest absolute Gasteiger partial charge is 0.388 e. The minimum absolute atomic E-state index is 0.173.